The van der Waals surface area contributed by atoms with E-state index in [0.29, 0.717) is 6.04 Å². The summed E-state index contributed by atoms with van der Waals surface area (Å²) in [5.74, 6) is 0. The normalized spacial score (nSPS) is 13.0. The van der Waals surface area contributed by atoms with Gasteiger partial charge in [0, 0.05) is 23.0 Å². The van der Waals surface area contributed by atoms with Gasteiger partial charge < -0.3 is 4.90 Å². The van der Waals surface area contributed by atoms with Crippen molar-refractivity contribution in [2.45, 2.75) is 13.0 Å². The van der Waals surface area contributed by atoms with Crippen LogP contribution in [0.5, 0.6) is 0 Å². The number of pyridine rings is 1. The molecular weight excluding hydrogens is 312 g/mol. The summed E-state index contributed by atoms with van der Waals surface area (Å²) in [5, 5.41) is 4.70. The molecule has 0 aliphatic carbocycles. The van der Waals surface area contributed by atoms with Crippen molar-refractivity contribution in [2.24, 2.45) is 0 Å². The molecule has 3 heteroatoms. The third-order valence-electron chi connectivity index (χ3n) is 4.81. The van der Waals surface area contributed by atoms with Crippen LogP contribution in [0.4, 0.5) is 0 Å². The molecule has 0 amide bonds. The Balaban J connectivity index is 1.89. The van der Waals surface area contributed by atoms with E-state index in [1.54, 1.807) is 11.3 Å². The van der Waals surface area contributed by atoms with Gasteiger partial charge in [-0.3, -0.25) is 4.98 Å². The topological polar surface area (TPSA) is 16.1 Å². The highest BCUT2D eigenvalue weighted by Gasteiger charge is 2.11. The molecule has 1 unspecified atom stereocenters. The highest BCUT2D eigenvalue weighted by Crippen LogP contribution is 2.35. The van der Waals surface area contributed by atoms with Crippen molar-refractivity contribution in [2.75, 3.05) is 14.1 Å². The van der Waals surface area contributed by atoms with E-state index in [-0.39, 0.29) is 0 Å². The third-order valence-corrected chi connectivity index (χ3v) is 5.66. The van der Waals surface area contributed by atoms with Gasteiger partial charge >= 0.3 is 0 Å². The van der Waals surface area contributed by atoms with Gasteiger partial charge in [-0.05, 0) is 55.2 Å². The molecule has 0 bridgehead atoms. The van der Waals surface area contributed by atoms with Gasteiger partial charge in [-0.25, -0.2) is 0 Å². The van der Waals surface area contributed by atoms with Crippen LogP contribution in [0.3, 0.4) is 0 Å². The Morgan fingerprint density at radius 2 is 1.79 bits per heavy atom. The second-order valence-electron chi connectivity index (χ2n) is 6.42. The van der Waals surface area contributed by atoms with Gasteiger partial charge in [0.15, 0.2) is 0 Å². The largest absolute Gasteiger partial charge is 0.303 e. The molecule has 2 nitrogen and oxygen atoms in total. The summed E-state index contributed by atoms with van der Waals surface area (Å²) in [4.78, 5) is 6.87. The predicted octanol–water partition coefficient (Wildman–Crippen LogP) is 5.74. The van der Waals surface area contributed by atoms with Crippen LogP contribution in [0.25, 0.3) is 32.1 Å². The number of hydrogen-bond acceptors (Lipinski definition) is 3. The van der Waals surface area contributed by atoms with Gasteiger partial charge in [0.2, 0.25) is 0 Å². The molecule has 2 aromatic carbocycles. The number of hydrogen-bond donors (Lipinski definition) is 0. The molecule has 2 heterocycles. The van der Waals surface area contributed by atoms with Crippen molar-refractivity contribution < 1.29 is 0 Å². The quantitative estimate of drug-likeness (QED) is 0.475. The second-order valence-corrected chi connectivity index (χ2v) is 7.37. The van der Waals surface area contributed by atoms with E-state index in [2.05, 4.69) is 84.8 Å². The van der Waals surface area contributed by atoms with Crippen molar-refractivity contribution in [3.8, 4) is 11.1 Å². The third kappa shape index (κ3) is 2.50. The van der Waals surface area contributed by atoms with E-state index in [1.807, 2.05) is 6.20 Å². The lowest BCUT2D eigenvalue weighted by atomic mass is 9.96. The molecule has 4 rings (SSSR count). The van der Waals surface area contributed by atoms with Crippen LogP contribution in [-0.2, 0) is 0 Å². The molecule has 1 atom stereocenters. The number of thiophene rings is 1. The summed E-state index contributed by atoms with van der Waals surface area (Å²) in [7, 11) is 4.23. The van der Waals surface area contributed by atoms with Gasteiger partial charge in [0.25, 0.3) is 0 Å². The van der Waals surface area contributed by atoms with Crippen LogP contribution < -0.4 is 0 Å². The summed E-state index contributed by atoms with van der Waals surface area (Å²) in [5.41, 5.74) is 4.90. The first-order valence-electron chi connectivity index (χ1n) is 8.17. The predicted molar refractivity (Wildman–Crippen MR) is 105 cm³/mol. The molecule has 24 heavy (non-hydrogen) atoms. The Bertz CT molecular complexity index is 999. The van der Waals surface area contributed by atoms with E-state index in [1.165, 1.54) is 32.2 Å². The Morgan fingerprint density at radius 3 is 2.54 bits per heavy atom. The average molecular weight is 332 g/mol. The van der Waals surface area contributed by atoms with Crippen LogP contribution in [0.15, 0.2) is 60.1 Å². The molecule has 0 aliphatic heterocycles. The van der Waals surface area contributed by atoms with Crippen LogP contribution in [0.2, 0.25) is 0 Å². The maximum absolute atomic E-state index is 4.64. The van der Waals surface area contributed by atoms with Crippen molar-refractivity contribution in [1.29, 1.82) is 0 Å². The van der Waals surface area contributed by atoms with Crippen molar-refractivity contribution in [3.63, 3.8) is 0 Å². The Kier molecular flexibility index (Phi) is 3.83. The lowest BCUT2D eigenvalue weighted by Crippen LogP contribution is -2.16. The lowest BCUT2D eigenvalue weighted by molar-refractivity contribution is 0.321. The number of nitrogens with zero attached hydrogens (tertiary/aromatic N) is 2. The molecule has 0 saturated heterocycles. The highest BCUT2D eigenvalue weighted by molar-refractivity contribution is 7.17. The molecule has 2 aromatic heterocycles. The summed E-state index contributed by atoms with van der Waals surface area (Å²) in [6, 6.07) is 17.9. The Morgan fingerprint density at radius 1 is 1.00 bits per heavy atom. The van der Waals surface area contributed by atoms with Crippen LogP contribution in [-0.4, -0.2) is 24.0 Å². The van der Waals surface area contributed by atoms with E-state index in [4.69, 9.17) is 0 Å². The molecule has 120 valence electrons. The number of rotatable bonds is 3. The Hall–Kier alpha value is -2.23. The minimum absolute atomic E-state index is 0.414. The molecule has 4 aromatic rings. The SMILES string of the molecule is CC(c1ccc(-c2cccc3ncc4sccc4c23)cc1)N(C)C. The maximum atomic E-state index is 4.64. The first kappa shape index (κ1) is 15.3. The number of aromatic nitrogens is 1. The molecule has 0 spiro atoms. The zero-order valence-corrected chi connectivity index (χ0v) is 15.0. The molecule has 0 fully saturated rings. The van der Waals surface area contributed by atoms with Gasteiger partial charge in [0.05, 0.1) is 10.2 Å². The van der Waals surface area contributed by atoms with Crippen molar-refractivity contribution >= 4 is 32.3 Å². The van der Waals surface area contributed by atoms with Gasteiger partial charge in [0.1, 0.15) is 0 Å². The molecule has 0 N–H and O–H groups in total. The van der Waals surface area contributed by atoms with Crippen molar-refractivity contribution in [1.82, 2.24) is 9.88 Å². The van der Waals surface area contributed by atoms with Crippen LogP contribution in [0, 0.1) is 0 Å². The fraction of sp³-hybridized carbons (Fsp3) is 0.190. The minimum Gasteiger partial charge on any atom is -0.303 e. The first-order chi connectivity index (χ1) is 11.6. The molecule has 0 radical (unpaired) electrons. The van der Waals surface area contributed by atoms with Gasteiger partial charge in [-0.1, -0.05) is 36.4 Å². The number of fused-ring (bicyclic) bond motifs is 3. The average Bonchev–Trinajstić information content (AvgIpc) is 3.09. The minimum atomic E-state index is 0.414. The fourth-order valence-electron chi connectivity index (χ4n) is 3.17. The van der Waals surface area contributed by atoms with E-state index in [9.17, 15) is 0 Å². The standard InChI is InChI=1S/C21H20N2S/c1-14(23(2)3)15-7-9-16(10-8-15)17-5-4-6-19-21(17)18-11-12-24-20(18)13-22-19/h4-14H,1-3H3. The van der Waals surface area contributed by atoms with Gasteiger partial charge in [-0.15, -0.1) is 11.3 Å². The van der Waals surface area contributed by atoms with Crippen LogP contribution in [0.1, 0.15) is 18.5 Å². The summed E-state index contributed by atoms with van der Waals surface area (Å²) in [6.45, 7) is 2.23. The summed E-state index contributed by atoms with van der Waals surface area (Å²) >= 11 is 1.75. The van der Waals surface area contributed by atoms with E-state index in [0.717, 1.165) is 5.52 Å². The van der Waals surface area contributed by atoms with Crippen molar-refractivity contribution in [3.05, 3.63) is 65.7 Å². The smallest absolute Gasteiger partial charge is 0.0715 e. The van der Waals surface area contributed by atoms with E-state index < -0.39 is 0 Å². The monoisotopic (exact) mass is 332 g/mol. The van der Waals surface area contributed by atoms with Gasteiger partial charge in [-0.2, -0.15) is 0 Å². The zero-order valence-electron chi connectivity index (χ0n) is 14.2. The maximum Gasteiger partial charge on any atom is 0.0715 e. The zero-order chi connectivity index (χ0) is 16.7. The lowest BCUT2D eigenvalue weighted by Gasteiger charge is -2.20. The fourth-order valence-corrected chi connectivity index (χ4v) is 3.93. The summed E-state index contributed by atoms with van der Waals surface area (Å²) in [6.07, 6.45) is 1.98. The molecule has 0 aliphatic rings. The van der Waals surface area contributed by atoms with E-state index >= 15 is 0 Å². The summed E-state index contributed by atoms with van der Waals surface area (Å²) < 4.78 is 1.24. The first-order valence-corrected chi connectivity index (χ1v) is 9.05. The molecule has 0 saturated carbocycles. The van der Waals surface area contributed by atoms with Crippen LogP contribution >= 0.6 is 11.3 Å². The molecular formula is C21H20N2S. The number of benzene rings is 2. The second kappa shape index (κ2) is 6.00. The highest BCUT2D eigenvalue weighted by atomic mass is 32.1. The Labute approximate surface area is 146 Å².